The molecule has 2 atom stereocenters. The second-order valence-corrected chi connectivity index (χ2v) is 6.54. The van der Waals surface area contributed by atoms with E-state index in [4.69, 9.17) is 32.5 Å². The number of aliphatic imine (C=N–C) groups is 1. The number of aliphatic carboxylic acids is 1. The monoisotopic (exact) mass is 442 g/mol. The Morgan fingerprint density at radius 1 is 1.40 bits per heavy atom. The third-order valence-corrected chi connectivity index (χ3v) is 4.65. The first-order valence-corrected chi connectivity index (χ1v) is 9.13. The Morgan fingerprint density at radius 2 is 2.07 bits per heavy atom. The minimum Gasteiger partial charge on any atom is -0.493 e. The van der Waals surface area contributed by atoms with Crippen LogP contribution in [-0.2, 0) is 9.59 Å². The fourth-order valence-corrected chi connectivity index (χ4v) is 2.99. The van der Waals surface area contributed by atoms with Gasteiger partial charge in [-0.3, -0.25) is 9.59 Å². The fraction of sp³-hybridized carbons (Fsp3) is 0.412. The molecule has 0 saturated carbocycles. The maximum Gasteiger partial charge on any atom is 0.321 e. The van der Waals surface area contributed by atoms with Gasteiger partial charge in [-0.1, -0.05) is 0 Å². The van der Waals surface area contributed by atoms with E-state index in [-0.39, 0.29) is 12.6 Å². The summed E-state index contributed by atoms with van der Waals surface area (Å²) in [5, 5.41) is 25.5. The van der Waals surface area contributed by atoms with Gasteiger partial charge in [-0.2, -0.15) is 5.10 Å². The number of rotatable bonds is 9. The van der Waals surface area contributed by atoms with Crippen LogP contribution in [0.25, 0.3) is 0 Å². The fourth-order valence-electron chi connectivity index (χ4n) is 2.78. The molecule has 1 heterocycles. The summed E-state index contributed by atoms with van der Waals surface area (Å²) >= 11 is 5.80. The maximum absolute atomic E-state index is 11.7. The van der Waals surface area contributed by atoms with Crippen LogP contribution in [0.15, 0.2) is 28.3 Å². The number of nitrogens with zero attached hydrogens (tertiary/aromatic N) is 4. The number of carbonyl (C=O) groups excluding carboxylic acids is 1. The molecule has 1 aliphatic rings. The highest BCUT2D eigenvalue weighted by Gasteiger charge is 2.46. The van der Waals surface area contributed by atoms with Crippen LogP contribution in [0.5, 0.6) is 11.5 Å². The van der Waals surface area contributed by atoms with E-state index in [2.05, 4.69) is 10.1 Å². The summed E-state index contributed by atoms with van der Waals surface area (Å²) in [4.78, 5) is 27.8. The molecule has 6 N–H and O–H groups in total. The zero-order chi connectivity index (χ0) is 22.5. The lowest BCUT2D eigenvalue weighted by Crippen LogP contribution is -2.65. The third kappa shape index (κ3) is 5.09. The molecule has 0 bridgehead atoms. The second-order valence-electron chi connectivity index (χ2n) is 6.27. The highest BCUT2D eigenvalue weighted by molar-refractivity contribution is 6.18. The number of aliphatic hydroxyl groups is 1. The van der Waals surface area contributed by atoms with E-state index in [0.29, 0.717) is 17.1 Å². The van der Waals surface area contributed by atoms with Crippen LogP contribution in [0, 0.1) is 0 Å². The molecule has 30 heavy (non-hydrogen) atoms. The standard InChI is InChI=1S/C17H23ClN6O6/c1-29-12-4-3-10(5-13(12)30-2)7-21-24-9-23(11(15(26)27)6-14(19)25)17(28,8-18)22-16(24)20/h3-5,7,11,28H,6,8-9H2,1-2H3,(H2,19,25)(H2,20,22)(H,26,27). The molecule has 1 amide bonds. The van der Waals surface area contributed by atoms with Crippen LogP contribution < -0.4 is 20.9 Å². The first-order valence-electron chi connectivity index (χ1n) is 8.60. The molecule has 2 rings (SSSR count). The summed E-state index contributed by atoms with van der Waals surface area (Å²) in [6.07, 6.45) is 0.856. The molecular formula is C17H23ClN6O6. The number of alkyl halides is 1. The molecule has 0 saturated heterocycles. The summed E-state index contributed by atoms with van der Waals surface area (Å²) in [6.45, 7) is -0.313. The van der Waals surface area contributed by atoms with E-state index >= 15 is 0 Å². The summed E-state index contributed by atoms with van der Waals surface area (Å²) in [6, 6.07) is 3.56. The van der Waals surface area contributed by atoms with Gasteiger partial charge in [-0.25, -0.2) is 14.9 Å². The summed E-state index contributed by atoms with van der Waals surface area (Å²) in [7, 11) is 3.00. The van der Waals surface area contributed by atoms with Gasteiger partial charge in [0.15, 0.2) is 11.5 Å². The zero-order valence-corrected chi connectivity index (χ0v) is 17.1. The van der Waals surface area contributed by atoms with E-state index in [9.17, 15) is 19.8 Å². The van der Waals surface area contributed by atoms with Crippen molar-refractivity contribution in [3.63, 3.8) is 0 Å². The minimum absolute atomic E-state index is 0.200. The number of methoxy groups -OCH3 is 2. The predicted octanol–water partition coefficient (Wildman–Crippen LogP) is -0.859. The molecule has 1 aliphatic heterocycles. The summed E-state index contributed by atoms with van der Waals surface area (Å²) < 4.78 is 10.4. The van der Waals surface area contributed by atoms with Gasteiger partial charge in [-0.05, 0) is 23.8 Å². The van der Waals surface area contributed by atoms with Crippen LogP contribution in [0.1, 0.15) is 12.0 Å². The number of ether oxygens (including phenoxy) is 2. The second kappa shape index (κ2) is 9.61. The van der Waals surface area contributed by atoms with Gasteiger partial charge in [0.25, 0.3) is 0 Å². The Kier molecular flexibility index (Phi) is 7.43. The predicted molar refractivity (Wildman–Crippen MR) is 108 cm³/mol. The van der Waals surface area contributed by atoms with E-state index in [1.165, 1.54) is 20.4 Å². The van der Waals surface area contributed by atoms with Crippen LogP contribution in [0.4, 0.5) is 0 Å². The highest BCUT2D eigenvalue weighted by atomic mass is 35.5. The Hall–Kier alpha value is -3.09. The smallest absolute Gasteiger partial charge is 0.321 e. The Labute approximate surface area is 177 Å². The highest BCUT2D eigenvalue weighted by Crippen LogP contribution is 2.28. The van der Waals surface area contributed by atoms with Crippen molar-refractivity contribution < 1.29 is 29.3 Å². The molecule has 1 aromatic carbocycles. The lowest BCUT2D eigenvalue weighted by molar-refractivity contribution is -0.168. The van der Waals surface area contributed by atoms with E-state index in [1.54, 1.807) is 18.2 Å². The average Bonchev–Trinajstić information content (AvgIpc) is 2.71. The molecule has 12 nitrogen and oxygen atoms in total. The van der Waals surface area contributed by atoms with Gasteiger partial charge in [0.2, 0.25) is 17.7 Å². The van der Waals surface area contributed by atoms with Gasteiger partial charge in [-0.15, -0.1) is 11.6 Å². The number of carbonyl (C=O) groups is 2. The van der Waals surface area contributed by atoms with Crippen molar-refractivity contribution in [3.8, 4) is 11.5 Å². The summed E-state index contributed by atoms with van der Waals surface area (Å²) in [5.41, 5.74) is 11.6. The number of nitrogens with two attached hydrogens (primary N) is 2. The average molecular weight is 443 g/mol. The molecule has 0 fully saturated rings. The van der Waals surface area contributed by atoms with Crippen LogP contribution >= 0.6 is 11.6 Å². The number of hydrogen-bond donors (Lipinski definition) is 4. The molecule has 1 aromatic rings. The van der Waals surface area contributed by atoms with E-state index < -0.39 is 36.1 Å². The number of carboxylic acids is 1. The maximum atomic E-state index is 11.7. The van der Waals surface area contributed by atoms with Crippen molar-refractivity contribution >= 4 is 35.7 Å². The lowest BCUT2D eigenvalue weighted by Gasteiger charge is -2.43. The molecule has 0 spiro atoms. The SMILES string of the molecule is COc1ccc(C=NN2CN(C(CC(N)=O)C(=O)O)C(O)(CCl)N=C2N)cc1OC. The first-order chi connectivity index (χ1) is 14.1. The number of hydrogen-bond acceptors (Lipinski definition) is 10. The van der Waals surface area contributed by atoms with Crippen molar-refractivity contribution in [1.82, 2.24) is 9.91 Å². The molecule has 0 aliphatic carbocycles. The van der Waals surface area contributed by atoms with Crippen LogP contribution in [-0.4, -0.2) is 82.8 Å². The number of carboxylic acid groups (broad SMARTS) is 1. The van der Waals surface area contributed by atoms with Crippen molar-refractivity contribution in [1.29, 1.82) is 0 Å². The quantitative estimate of drug-likeness (QED) is 0.280. The van der Waals surface area contributed by atoms with E-state index in [1.807, 2.05) is 0 Å². The Balaban J connectivity index is 2.35. The molecule has 2 unspecified atom stereocenters. The zero-order valence-electron chi connectivity index (χ0n) is 16.4. The van der Waals surface area contributed by atoms with Gasteiger partial charge < -0.3 is 31.2 Å². The van der Waals surface area contributed by atoms with Gasteiger partial charge in [0, 0.05) is 0 Å². The number of amides is 1. The number of hydrazone groups is 1. The number of halogens is 1. The topological polar surface area (TPSA) is 176 Å². The van der Waals surface area contributed by atoms with E-state index in [0.717, 1.165) is 9.91 Å². The molecule has 0 radical (unpaired) electrons. The van der Waals surface area contributed by atoms with Crippen molar-refractivity contribution in [2.45, 2.75) is 18.3 Å². The number of benzene rings is 1. The molecular weight excluding hydrogens is 420 g/mol. The normalized spacial score (nSPS) is 20.7. The van der Waals surface area contributed by atoms with Gasteiger partial charge in [0.1, 0.15) is 12.7 Å². The van der Waals surface area contributed by atoms with Gasteiger partial charge in [0.05, 0.1) is 32.7 Å². The van der Waals surface area contributed by atoms with Crippen molar-refractivity contribution in [3.05, 3.63) is 23.8 Å². The third-order valence-electron chi connectivity index (χ3n) is 4.29. The molecule has 164 valence electrons. The first kappa shape index (κ1) is 23.2. The molecule has 0 aromatic heterocycles. The van der Waals surface area contributed by atoms with Crippen LogP contribution in [0.3, 0.4) is 0 Å². The van der Waals surface area contributed by atoms with Crippen molar-refractivity contribution in [2.24, 2.45) is 21.6 Å². The van der Waals surface area contributed by atoms with Crippen LogP contribution in [0.2, 0.25) is 0 Å². The lowest BCUT2D eigenvalue weighted by atomic mass is 10.1. The molecule has 13 heteroatoms. The van der Waals surface area contributed by atoms with Gasteiger partial charge >= 0.3 is 5.97 Å². The Bertz CT molecular complexity index is 865. The minimum atomic E-state index is -2.15. The number of primary amides is 1. The Morgan fingerprint density at radius 3 is 2.60 bits per heavy atom. The number of guanidine groups is 1. The summed E-state index contributed by atoms with van der Waals surface area (Å²) in [5.74, 6) is -4.10. The largest absolute Gasteiger partial charge is 0.493 e. The van der Waals surface area contributed by atoms with Crippen molar-refractivity contribution in [2.75, 3.05) is 26.8 Å².